The summed E-state index contributed by atoms with van der Waals surface area (Å²) in [5, 5.41) is 9.17. The molecule has 0 saturated heterocycles. The molecule has 0 radical (unpaired) electrons. The van der Waals surface area contributed by atoms with Crippen LogP contribution in [0.2, 0.25) is 10.2 Å². The zero-order chi connectivity index (χ0) is 16.1. The molecule has 0 atom stereocenters. The van der Waals surface area contributed by atoms with E-state index in [1.165, 1.54) is 13.3 Å². The van der Waals surface area contributed by atoms with Crippen LogP contribution in [0, 0.1) is 6.92 Å². The summed E-state index contributed by atoms with van der Waals surface area (Å²) in [6.07, 6.45) is 0.763. The van der Waals surface area contributed by atoms with Crippen LogP contribution in [0.3, 0.4) is 0 Å². The minimum absolute atomic E-state index is 0.410. The number of halogens is 2. The van der Waals surface area contributed by atoms with Crippen molar-refractivity contribution in [2.75, 3.05) is 7.11 Å². The van der Waals surface area contributed by atoms with Gasteiger partial charge in [-0.05, 0) is 18.6 Å². The lowest BCUT2D eigenvalue weighted by molar-refractivity contribution is 0.171. The van der Waals surface area contributed by atoms with Gasteiger partial charge in [0.15, 0.2) is 0 Å². The van der Waals surface area contributed by atoms with Crippen molar-refractivity contribution in [3.63, 3.8) is 0 Å². The van der Waals surface area contributed by atoms with Crippen LogP contribution >= 0.6 is 23.2 Å². The molecule has 116 valence electrons. The predicted molar refractivity (Wildman–Crippen MR) is 85.7 cm³/mol. The molecule has 0 aliphatic heterocycles. The summed E-state index contributed by atoms with van der Waals surface area (Å²) in [6.45, 7) is 2.24. The van der Waals surface area contributed by atoms with E-state index in [2.05, 4.69) is 20.4 Å². The number of hydrazone groups is 1. The minimum Gasteiger partial charge on any atom is -0.452 e. The number of ether oxygens (including phenoxy) is 1. The molecule has 0 unspecified atom stereocenters. The van der Waals surface area contributed by atoms with Gasteiger partial charge < -0.3 is 4.74 Å². The third-order valence-corrected chi connectivity index (χ3v) is 3.69. The van der Waals surface area contributed by atoms with Gasteiger partial charge in [-0.15, -0.1) is 0 Å². The van der Waals surface area contributed by atoms with Crippen LogP contribution in [0.4, 0.5) is 4.79 Å². The second-order valence-corrected chi connectivity index (χ2v) is 5.17. The number of nitrogens with one attached hydrogen (secondary N) is 1. The van der Waals surface area contributed by atoms with E-state index in [0.717, 1.165) is 5.56 Å². The highest BCUT2D eigenvalue weighted by molar-refractivity contribution is 6.32. The molecule has 1 heterocycles. The molecular formula is C14H14Cl2N4O2. The predicted octanol–water partition coefficient (Wildman–Crippen LogP) is 3.24. The van der Waals surface area contributed by atoms with Crippen molar-refractivity contribution in [3.8, 4) is 0 Å². The van der Waals surface area contributed by atoms with E-state index in [1.807, 2.05) is 24.3 Å². The summed E-state index contributed by atoms with van der Waals surface area (Å²) < 4.78 is 6.04. The zero-order valence-corrected chi connectivity index (χ0v) is 13.5. The highest BCUT2D eigenvalue weighted by atomic mass is 35.5. The lowest BCUT2D eigenvalue weighted by Gasteiger charge is -2.05. The molecule has 2 rings (SSSR count). The number of amides is 1. The van der Waals surface area contributed by atoms with E-state index in [4.69, 9.17) is 23.2 Å². The summed E-state index contributed by atoms with van der Waals surface area (Å²) >= 11 is 12.4. The van der Waals surface area contributed by atoms with Crippen molar-refractivity contribution in [1.29, 1.82) is 0 Å². The monoisotopic (exact) mass is 340 g/mol. The molecule has 0 spiro atoms. The van der Waals surface area contributed by atoms with Crippen LogP contribution < -0.4 is 5.43 Å². The fourth-order valence-electron chi connectivity index (χ4n) is 1.80. The Labute approximate surface area is 137 Å². The number of benzene rings is 1. The molecule has 6 nitrogen and oxygen atoms in total. The van der Waals surface area contributed by atoms with Gasteiger partial charge in [0.05, 0.1) is 31.1 Å². The summed E-state index contributed by atoms with van der Waals surface area (Å²) in [6, 6.07) is 7.47. The standard InChI is InChI=1S/C14H14Cl2N4O2/c1-9-11(7-17-18-14(21)22-2)13(16)20(19-9)8-10-5-3-4-6-12(10)15/h3-7H,8H2,1-2H3,(H,18,21)/b17-7-. The Morgan fingerprint density at radius 2 is 2.18 bits per heavy atom. The second kappa shape index (κ2) is 7.29. The molecule has 0 aliphatic carbocycles. The Bertz CT molecular complexity index is 713. The third-order valence-electron chi connectivity index (χ3n) is 2.92. The number of aromatic nitrogens is 2. The Morgan fingerprint density at radius 1 is 1.45 bits per heavy atom. The second-order valence-electron chi connectivity index (χ2n) is 4.40. The summed E-state index contributed by atoms with van der Waals surface area (Å²) in [5.41, 5.74) is 4.41. The van der Waals surface area contributed by atoms with Crippen LogP contribution in [0.5, 0.6) is 0 Å². The maximum atomic E-state index is 10.9. The Morgan fingerprint density at radius 3 is 2.86 bits per heavy atom. The van der Waals surface area contributed by atoms with Crippen LogP contribution in [-0.4, -0.2) is 29.2 Å². The molecule has 1 amide bonds. The lowest BCUT2D eigenvalue weighted by atomic mass is 10.2. The van der Waals surface area contributed by atoms with E-state index in [0.29, 0.717) is 28.0 Å². The Kier molecular flexibility index (Phi) is 5.41. The van der Waals surface area contributed by atoms with Gasteiger partial charge in [0.1, 0.15) is 5.15 Å². The van der Waals surface area contributed by atoms with Gasteiger partial charge in [0.2, 0.25) is 0 Å². The van der Waals surface area contributed by atoms with Crippen molar-refractivity contribution >= 4 is 35.5 Å². The van der Waals surface area contributed by atoms with Crippen molar-refractivity contribution in [3.05, 3.63) is 51.3 Å². The molecule has 22 heavy (non-hydrogen) atoms. The van der Waals surface area contributed by atoms with E-state index in [1.54, 1.807) is 11.6 Å². The SMILES string of the molecule is COC(=O)N/N=C\c1c(C)nn(Cc2ccccc2Cl)c1Cl. The quantitative estimate of drug-likeness (QED) is 0.686. The van der Waals surface area contributed by atoms with E-state index in [-0.39, 0.29) is 0 Å². The van der Waals surface area contributed by atoms with Crippen LogP contribution in [0.1, 0.15) is 16.8 Å². The summed E-state index contributed by atoms with van der Waals surface area (Å²) in [7, 11) is 1.25. The largest absolute Gasteiger partial charge is 0.452 e. The number of aryl methyl sites for hydroxylation is 1. The van der Waals surface area contributed by atoms with Crippen LogP contribution in [0.25, 0.3) is 0 Å². The lowest BCUT2D eigenvalue weighted by Crippen LogP contribution is -2.16. The Balaban J connectivity index is 2.20. The van der Waals surface area contributed by atoms with Gasteiger partial charge in [-0.1, -0.05) is 41.4 Å². The number of carbonyl (C=O) groups is 1. The van der Waals surface area contributed by atoms with Gasteiger partial charge in [0, 0.05) is 5.02 Å². The number of methoxy groups -OCH3 is 1. The molecule has 1 N–H and O–H groups in total. The molecule has 1 aromatic heterocycles. The molecule has 0 bridgehead atoms. The Hall–Kier alpha value is -2.05. The number of rotatable bonds is 4. The maximum Gasteiger partial charge on any atom is 0.427 e. The third kappa shape index (κ3) is 3.78. The molecule has 0 aliphatic rings. The van der Waals surface area contributed by atoms with Crippen LogP contribution in [-0.2, 0) is 11.3 Å². The van der Waals surface area contributed by atoms with Gasteiger partial charge in [-0.25, -0.2) is 14.9 Å². The van der Waals surface area contributed by atoms with Gasteiger partial charge in [0.25, 0.3) is 0 Å². The summed E-state index contributed by atoms with van der Waals surface area (Å²) in [5.74, 6) is 0. The first kappa shape index (κ1) is 16.3. The molecule has 1 aromatic carbocycles. The van der Waals surface area contributed by atoms with Crippen molar-refractivity contribution in [2.24, 2.45) is 5.10 Å². The number of nitrogens with zero attached hydrogens (tertiary/aromatic N) is 3. The van der Waals surface area contributed by atoms with E-state index in [9.17, 15) is 4.79 Å². The molecule has 8 heteroatoms. The van der Waals surface area contributed by atoms with Gasteiger partial charge in [-0.2, -0.15) is 10.2 Å². The molecule has 2 aromatic rings. The first-order valence-electron chi connectivity index (χ1n) is 6.36. The fourth-order valence-corrected chi connectivity index (χ4v) is 2.28. The minimum atomic E-state index is -0.659. The maximum absolute atomic E-state index is 10.9. The van der Waals surface area contributed by atoms with Crippen molar-refractivity contribution in [1.82, 2.24) is 15.2 Å². The molecule has 0 fully saturated rings. The normalized spacial score (nSPS) is 10.9. The first-order valence-corrected chi connectivity index (χ1v) is 7.12. The highest BCUT2D eigenvalue weighted by Crippen LogP contribution is 2.22. The molecule has 0 saturated carbocycles. The topological polar surface area (TPSA) is 68.5 Å². The van der Waals surface area contributed by atoms with Crippen molar-refractivity contribution in [2.45, 2.75) is 13.5 Å². The first-order chi connectivity index (χ1) is 10.5. The van der Waals surface area contributed by atoms with E-state index >= 15 is 0 Å². The van der Waals surface area contributed by atoms with Crippen molar-refractivity contribution < 1.29 is 9.53 Å². The zero-order valence-electron chi connectivity index (χ0n) is 12.0. The highest BCUT2D eigenvalue weighted by Gasteiger charge is 2.13. The average Bonchev–Trinajstić information content (AvgIpc) is 2.76. The number of hydrogen-bond acceptors (Lipinski definition) is 4. The van der Waals surface area contributed by atoms with E-state index < -0.39 is 6.09 Å². The average molecular weight is 341 g/mol. The number of carbonyl (C=O) groups excluding carboxylic acids is 1. The van der Waals surface area contributed by atoms with Gasteiger partial charge in [-0.3, -0.25) is 0 Å². The number of hydrogen-bond donors (Lipinski definition) is 1. The van der Waals surface area contributed by atoms with Crippen LogP contribution in [0.15, 0.2) is 29.4 Å². The van der Waals surface area contributed by atoms with Gasteiger partial charge >= 0.3 is 6.09 Å². The summed E-state index contributed by atoms with van der Waals surface area (Å²) in [4.78, 5) is 10.9. The smallest absolute Gasteiger partial charge is 0.427 e. The molecular weight excluding hydrogens is 327 g/mol. The fraction of sp³-hybridized carbons (Fsp3) is 0.214.